The Hall–Kier alpha value is -4.46. The quantitative estimate of drug-likeness (QED) is 0.356. The minimum absolute atomic E-state index is 0.0750. The first-order valence-electron chi connectivity index (χ1n) is 11.2. The minimum Gasteiger partial charge on any atom is -0.453 e. The molecule has 0 radical (unpaired) electrons. The number of hydrogen-bond acceptors (Lipinski definition) is 6. The summed E-state index contributed by atoms with van der Waals surface area (Å²) in [5, 5.41) is 2.16. The molecule has 3 aromatic rings. The Morgan fingerprint density at radius 2 is 1.46 bits per heavy atom. The summed E-state index contributed by atoms with van der Waals surface area (Å²) in [4.78, 5) is 53.6. The lowest BCUT2D eigenvalue weighted by Crippen LogP contribution is -2.66. The smallest absolute Gasteiger partial charge is 0.412 e. The summed E-state index contributed by atoms with van der Waals surface area (Å²) >= 11 is 0. The predicted octanol–water partition coefficient (Wildman–Crippen LogP) is 3.45. The van der Waals surface area contributed by atoms with Crippen LogP contribution in [0.1, 0.15) is 35.3 Å². The first kappa shape index (κ1) is 22.3. The predicted molar refractivity (Wildman–Crippen MR) is 123 cm³/mol. The number of hydrogen-bond donors (Lipinski definition) is 1. The van der Waals surface area contributed by atoms with E-state index in [2.05, 4.69) is 5.32 Å². The maximum Gasteiger partial charge on any atom is 0.412 e. The Balaban J connectivity index is 1.63. The van der Waals surface area contributed by atoms with Gasteiger partial charge in [0.05, 0.1) is 6.42 Å². The van der Waals surface area contributed by atoms with Crippen LogP contribution in [0.25, 0.3) is 0 Å². The van der Waals surface area contributed by atoms with Crippen LogP contribution in [0.4, 0.5) is 4.79 Å². The Kier molecular flexibility index (Phi) is 5.78. The van der Waals surface area contributed by atoms with Gasteiger partial charge in [0.15, 0.2) is 6.10 Å². The van der Waals surface area contributed by atoms with Gasteiger partial charge in [-0.2, -0.15) is 0 Å². The van der Waals surface area contributed by atoms with E-state index in [1.807, 2.05) is 30.3 Å². The fourth-order valence-corrected chi connectivity index (χ4v) is 4.62. The van der Waals surface area contributed by atoms with E-state index in [0.29, 0.717) is 11.1 Å². The van der Waals surface area contributed by atoms with E-state index >= 15 is 0 Å². The van der Waals surface area contributed by atoms with E-state index in [4.69, 9.17) is 9.47 Å². The van der Waals surface area contributed by atoms with Gasteiger partial charge >= 0.3 is 12.1 Å². The number of cyclic esters (lactones) is 1. The molecule has 0 bridgehead atoms. The molecule has 2 saturated heterocycles. The van der Waals surface area contributed by atoms with Gasteiger partial charge in [-0.1, -0.05) is 91.0 Å². The molecule has 8 nitrogen and oxygen atoms in total. The summed E-state index contributed by atoms with van der Waals surface area (Å²) in [6.07, 6.45) is -2.37. The highest BCUT2D eigenvalue weighted by Gasteiger charge is 2.66. The van der Waals surface area contributed by atoms with Gasteiger partial charge in [0.1, 0.15) is 12.6 Å². The minimum atomic E-state index is -2.17. The van der Waals surface area contributed by atoms with Crippen LogP contribution in [0.15, 0.2) is 91.0 Å². The highest BCUT2D eigenvalue weighted by Crippen LogP contribution is 2.48. The molecule has 8 heteroatoms. The number of ether oxygens (including phenoxy) is 2. The van der Waals surface area contributed by atoms with Gasteiger partial charge in [-0.25, -0.2) is 9.59 Å². The van der Waals surface area contributed by atoms with Crippen LogP contribution >= 0.6 is 0 Å². The number of rotatable bonds is 4. The molecular weight excluding hydrogens is 448 g/mol. The van der Waals surface area contributed by atoms with Crippen molar-refractivity contribution in [3.05, 3.63) is 108 Å². The number of carbonyl (C=O) groups excluding carboxylic acids is 4. The maximum atomic E-state index is 13.7. The molecule has 3 amide bonds. The summed E-state index contributed by atoms with van der Waals surface area (Å²) in [5.41, 5.74) is -0.180. The molecule has 3 aromatic carbocycles. The Bertz CT molecular complexity index is 1260. The number of esters is 1. The van der Waals surface area contributed by atoms with E-state index < -0.39 is 48.0 Å². The van der Waals surface area contributed by atoms with E-state index in [1.54, 1.807) is 60.7 Å². The Morgan fingerprint density at radius 1 is 0.886 bits per heavy atom. The van der Waals surface area contributed by atoms with Crippen molar-refractivity contribution in [1.82, 2.24) is 10.2 Å². The fraction of sp³-hybridized carbons (Fsp3) is 0.185. The number of nitrogens with zero attached hydrogens (tertiary/aromatic N) is 1. The summed E-state index contributed by atoms with van der Waals surface area (Å²) < 4.78 is 11.4. The van der Waals surface area contributed by atoms with Gasteiger partial charge in [-0.3, -0.25) is 19.8 Å². The normalized spacial score (nSPS) is 23.7. The van der Waals surface area contributed by atoms with Crippen molar-refractivity contribution in [3.8, 4) is 0 Å². The molecule has 35 heavy (non-hydrogen) atoms. The van der Waals surface area contributed by atoms with E-state index in [-0.39, 0.29) is 6.61 Å². The van der Waals surface area contributed by atoms with Crippen molar-refractivity contribution in [2.75, 3.05) is 0 Å². The largest absolute Gasteiger partial charge is 0.453 e. The highest BCUT2D eigenvalue weighted by molar-refractivity contribution is 6.21. The summed E-state index contributed by atoms with van der Waals surface area (Å²) in [6, 6.07) is 26.0. The standard InChI is InChI=1S/C27H22N2O6/c30-21-16-27(24(31)28-21)25(32)35-23(20-14-8-3-9-15-20)22(19-12-6-2-7-13-19)29(27)26(33)34-17-18-10-4-1-5-11-18/h1-15,22-23H,16-17H2,(H,28,30,31)/t22-,23+,27+/m1/s1. The third-order valence-electron chi connectivity index (χ3n) is 6.26. The average Bonchev–Trinajstić information content (AvgIpc) is 3.19. The van der Waals surface area contributed by atoms with Gasteiger partial charge in [-0.05, 0) is 16.7 Å². The lowest BCUT2D eigenvalue weighted by atomic mass is 9.84. The summed E-state index contributed by atoms with van der Waals surface area (Å²) in [6.45, 7) is -0.0750. The molecule has 0 aromatic heterocycles. The zero-order chi connectivity index (χ0) is 24.4. The van der Waals surface area contributed by atoms with Crippen LogP contribution in [0.3, 0.4) is 0 Å². The van der Waals surface area contributed by atoms with Crippen molar-refractivity contribution >= 4 is 23.9 Å². The third-order valence-corrected chi connectivity index (χ3v) is 6.26. The zero-order valence-electron chi connectivity index (χ0n) is 18.6. The van der Waals surface area contributed by atoms with E-state index in [0.717, 1.165) is 10.5 Å². The molecule has 0 unspecified atom stereocenters. The number of imide groups is 1. The van der Waals surface area contributed by atoms with Crippen molar-refractivity contribution in [1.29, 1.82) is 0 Å². The zero-order valence-corrected chi connectivity index (χ0v) is 18.6. The van der Waals surface area contributed by atoms with Gasteiger partial charge < -0.3 is 9.47 Å². The van der Waals surface area contributed by atoms with Crippen LogP contribution in [-0.2, 0) is 30.5 Å². The third kappa shape index (κ3) is 3.93. The van der Waals surface area contributed by atoms with E-state index in [9.17, 15) is 19.2 Å². The molecule has 2 aliphatic rings. The molecule has 0 aliphatic carbocycles. The van der Waals surface area contributed by atoms with Crippen molar-refractivity contribution in [3.63, 3.8) is 0 Å². The van der Waals surface area contributed by atoms with Gasteiger partial charge in [-0.15, -0.1) is 0 Å². The molecule has 1 spiro atoms. The summed E-state index contributed by atoms with van der Waals surface area (Å²) in [5.74, 6) is -2.55. The SMILES string of the molecule is O=C1C[C@]2(C(=O)N1)C(=O)O[C@@H](c1ccccc1)[C@@H](c1ccccc1)N2C(=O)OCc1ccccc1. The molecule has 2 heterocycles. The number of morpholine rings is 1. The molecule has 2 fully saturated rings. The lowest BCUT2D eigenvalue weighted by molar-refractivity contribution is -0.187. The van der Waals surface area contributed by atoms with Crippen molar-refractivity contribution < 1.29 is 28.7 Å². The molecule has 0 saturated carbocycles. The van der Waals surface area contributed by atoms with Gasteiger partial charge in [0.2, 0.25) is 11.4 Å². The molecule has 1 N–H and O–H groups in total. The van der Waals surface area contributed by atoms with Crippen LogP contribution in [0.5, 0.6) is 0 Å². The number of benzene rings is 3. The second-order valence-corrected chi connectivity index (χ2v) is 8.42. The molecule has 5 rings (SSSR count). The number of carbonyl (C=O) groups is 4. The topological polar surface area (TPSA) is 102 Å². The van der Waals surface area contributed by atoms with Gasteiger partial charge in [0.25, 0.3) is 5.91 Å². The first-order chi connectivity index (χ1) is 17.0. The molecular formula is C27H22N2O6. The van der Waals surface area contributed by atoms with Crippen LogP contribution in [0, 0.1) is 0 Å². The Morgan fingerprint density at radius 3 is 2.03 bits per heavy atom. The first-order valence-corrected chi connectivity index (χ1v) is 11.2. The Labute approximate surface area is 201 Å². The second kappa shape index (κ2) is 9.06. The monoisotopic (exact) mass is 470 g/mol. The second-order valence-electron chi connectivity index (χ2n) is 8.42. The average molecular weight is 470 g/mol. The van der Waals surface area contributed by atoms with Crippen LogP contribution in [0.2, 0.25) is 0 Å². The molecule has 2 aliphatic heterocycles. The summed E-state index contributed by atoms with van der Waals surface area (Å²) in [7, 11) is 0. The fourth-order valence-electron chi connectivity index (χ4n) is 4.62. The van der Waals surface area contributed by atoms with Gasteiger partial charge in [0, 0.05) is 0 Å². The van der Waals surface area contributed by atoms with Crippen molar-refractivity contribution in [2.45, 2.75) is 30.7 Å². The van der Waals surface area contributed by atoms with Crippen LogP contribution < -0.4 is 5.32 Å². The van der Waals surface area contributed by atoms with E-state index in [1.165, 1.54) is 0 Å². The lowest BCUT2D eigenvalue weighted by Gasteiger charge is -2.48. The number of amides is 3. The maximum absolute atomic E-state index is 13.7. The van der Waals surface area contributed by atoms with Crippen LogP contribution in [-0.4, -0.2) is 34.3 Å². The highest BCUT2D eigenvalue weighted by atomic mass is 16.6. The molecule has 3 atom stereocenters. The van der Waals surface area contributed by atoms with Crippen molar-refractivity contribution in [2.24, 2.45) is 0 Å². The number of nitrogens with one attached hydrogen (secondary N) is 1. The molecule has 176 valence electrons.